The molecule has 1 aromatic heterocycles. The van der Waals surface area contributed by atoms with Gasteiger partial charge in [0, 0.05) is 19.6 Å². The molecule has 2 aliphatic heterocycles. The normalized spacial score (nSPS) is 30.1. The third-order valence-corrected chi connectivity index (χ3v) is 3.68. The van der Waals surface area contributed by atoms with Crippen LogP contribution in [0.5, 0.6) is 0 Å². The molecule has 16 heavy (non-hydrogen) atoms. The van der Waals surface area contributed by atoms with Crippen molar-refractivity contribution in [2.75, 3.05) is 6.61 Å². The van der Waals surface area contributed by atoms with Gasteiger partial charge in [-0.2, -0.15) is 0 Å². The fourth-order valence-electron chi connectivity index (χ4n) is 2.69. The molecule has 0 amide bonds. The summed E-state index contributed by atoms with van der Waals surface area (Å²) in [5.41, 5.74) is 0. The zero-order valence-corrected chi connectivity index (χ0v) is 9.85. The Kier molecular flexibility index (Phi) is 2.67. The van der Waals surface area contributed by atoms with Gasteiger partial charge in [-0.3, -0.25) is 0 Å². The van der Waals surface area contributed by atoms with Crippen LogP contribution in [0.15, 0.2) is 0 Å². The summed E-state index contributed by atoms with van der Waals surface area (Å²) in [6, 6.07) is 0. The number of hydrogen-bond acceptors (Lipinski definition) is 3. The van der Waals surface area contributed by atoms with E-state index in [2.05, 4.69) is 21.7 Å². The number of nitrogens with zero attached hydrogens (tertiary/aromatic N) is 3. The number of aryl methyl sites for hydroxylation is 1. The second-order valence-electron chi connectivity index (χ2n) is 5.08. The van der Waals surface area contributed by atoms with E-state index in [1.54, 1.807) is 0 Å². The summed E-state index contributed by atoms with van der Waals surface area (Å²) in [6.07, 6.45) is 6.05. The predicted molar refractivity (Wildman–Crippen MR) is 60.1 cm³/mol. The maximum Gasteiger partial charge on any atom is 0.162 e. The maximum absolute atomic E-state index is 5.80. The highest BCUT2D eigenvalue weighted by molar-refractivity contribution is 5.03. The average molecular weight is 221 g/mol. The molecule has 0 aromatic carbocycles. The maximum atomic E-state index is 5.80. The second-order valence-corrected chi connectivity index (χ2v) is 5.08. The highest BCUT2D eigenvalue weighted by Crippen LogP contribution is 2.29. The summed E-state index contributed by atoms with van der Waals surface area (Å²) in [7, 11) is 0. The van der Waals surface area contributed by atoms with Gasteiger partial charge >= 0.3 is 0 Å². The summed E-state index contributed by atoms with van der Waals surface area (Å²) >= 11 is 0. The van der Waals surface area contributed by atoms with Crippen LogP contribution in [-0.4, -0.2) is 21.4 Å². The predicted octanol–water partition coefficient (Wildman–Crippen LogP) is 2.10. The first kappa shape index (κ1) is 10.3. The first-order chi connectivity index (χ1) is 7.84. The minimum atomic E-state index is 0.195. The van der Waals surface area contributed by atoms with Gasteiger partial charge < -0.3 is 9.30 Å². The Bertz CT molecular complexity index is 368. The Labute approximate surface area is 96.0 Å². The van der Waals surface area contributed by atoms with Gasteiger partial charge in [-0.1, -0.05) is 6.92 Å². The van der Waals surface area contributed by atoms with Crippen LogP contribution in [0, 0.1) is 5.92 Å². The summed E-state index contributed by atoms with van der Waals surface area (Å²) < 4.78 is 8.10. The molecule has 3 rings (SSSR count). The fraction of sp³-hybridized carbons (Fsp3) is 0.833. The van der Waals surface area contributed by atoms with Gasteiger partial charge in [-0.05, 0) is 31.6 Å². The first-order valence-corrected chi connectivity index (χ1v) is 6.38. The molecule has 88 valence electrons. The van der Waals surface area contributed by atoms with Gasteiger partial charge in [0.25, 0.3) is 0 Å². The van der Waals surface area contributed by atoms with Crippen LogP contribution >= 0.6 is 0 Å². The fourth-order valence-corrected chi connectivity index (χ4v) is 2.69. The molecule has 0 bridgehead atoms. The third kappa shape index (κ3) is 1.75. The van der Waals surface area contributed by atoms with Crippen LogP contribution in [-0.2, 0) is 17.7 Å². The van der Waals surface area contributed by atoms with Gasteiger partial charge in [0.15, 0.2) is 5.82 Å². The smallest absolute Gasteiger partial charge is 0.162 e. The number of fused-ring (bicyclic) bond motifs is 1. The van der Waals surface area contributed by atoms with Gasteiger partial charge in [-0.25, -0.2) is 0 Å². The van der Waals surface area contributed by atoms with Crippen LogP contribution in [0.4, 0.5) is 0 Å². The molecule has 2 atom stereocenters. The van der Waals surface area contributed by atoms with E-state index in [0.717, 1.165) is 43.6 Å². The third-order valence-electron chi connectivity index (χ3n) is 3.68. The van der Waals surface area contributed by atoms with Crippen LogP contribution in [0.1, 0.15) is 50.4 Å². The van der Waals surface area contributed by atoms with Crippen LogP contribution < -0.4 is 0 Å². The molecule has 3 heterocycles. The van der Waals surface area contributed by atoms with Crippen molar-refractivity contribution in [3.05, 3.63) is 11.6 Å². The van der Waals surface area contributed by atoms with Crippen molar-refractivity contribution >= 4 is 0 Å². The Morgan fingerprint density at radius 2 is 2.19 bits per heavy atom. The average Bonchev–Trinajstić information content (AvgIpc) is 2.73. The van der Waals surface area contributed by atoms with E-state index < -0.39 is 0 Å². The standard InChI is InChI=1S/C12H19N3O/c1-9-5-6-11-13-14-12(15(11)8-9)10-4-2-3-7-16-10/h9-10H,2-8H2,1H3. The van der Waals surface area contributed by atoms with Crippen molar-refractivity contribution in [3.8, 4) is 0 Å². The lowest BCUT2D eigenvalue weighted by Gasteiger charge is -2.26. The molecule has 1 aromatic rings. The number of ether oxygens (including phenoxy) is 1. The summed E-state index contributed by atoms with van der Waals surface area (Å²) in [6.45, 7) is 4.24. The second kappa shape index (κ2) is 4.17. The van der Waals surface area contributed by atoms with Crippen molar-refractivity contribution in [2.45, 2.75) is 51.7 Å². The quantitative estimate of drug-likeness (QED) is 0.729. The van der Waals surface area contributed by atoms with E-state index in [0.29, 0.717) is 0 Å². The van der Waals surface area contributed by atoms with E-state index in [-0.39, 0.29) is 6.10 Å². The monoisotopic (exact) mass is 221 g/mol. The molecule has 4 nitrogen and oxygen atoms in total. The largest absolute Gasteiger partial charge is 0.370 e. The number of hydrogen-bond donors (Lipinski definition) is 0. The summed E-state index contributed by atoms with van der Waals surface area (Å²) in [4.78, 5) is 0. The molecule has 1 saturated heterocycles. The lowest BCUT2D eigenvalue weighted by atomic mass is 10.0. The van der Waals surface area contributed by atoms with E-state index in [4.69, 9.17) is 4.74 Å². The van der Waals surface area contributed by atoms with E-state index in [9.17, 15) is 0 Å². The number of aromatic nitrogens is 3. The highest BCUT2D eigenvalue weighted by atomic mass is 16.5. The first-order valence-electron chi connectivity index (χ1n) is 6.38. The zero-order chi connectivity index (χ0) is 11.0. The molecule has 0 spiro atoms. The van der Waals surface area contributed by atoms with E-state index in [1.165, 1.54) is 19.3 Å². The Morgan fingerprint density at radius 3 is 3.00 bits per heavy atom. The van der Waals surface area contributed by atoms with Crippen molar-refractivity contribution in [1.82, 2.24) is 14.8 Å². The van der Waals surface area contributed by atoms with E-state index >= 15 is 0 Å². The van der Waals surface area contributed by atoms with Gasteiger partial charge in [0.05, 0.1) is 0 Å². The topological polar surface area (TPSA) is 39.9 Å². The summed E-state index contributed by atoms with van der Waals surface area (Å²) in [5.74, 6) is 2.97. The van der Waals surface area contributed by atoms with Crippen molar-refractivity contribution in [1.29, 1.82) is 0 Å². The van der Waals surface area contributed by atoms with Crippen molar-refractivity contribution in [3.63, 3.8) is 0 Å². The van der Waals surface area contributed by atoms with Gasteiger partial charge in [-0.15, -0.1) is 10.2 Å². The molecule has 1 fully saturated rings. The summed E-state index contributed by atoms with van der Waals surface area (Å²) in [5, 5.41) is 8.64. The Morgan fingerprint density at radius 1 is 1.25 bits per heavy atom. The molecule has 0 aliphatic carbocycles. The zero-order valence-electron chi connectivity index (χ0n) is 9.85. The van der Waals surface area contributed by atoms with Crippen molar-refractivity contribution < 1.29 is 4.74 Å². The molecule has 0 saturated carbocycles. The van der Waals surface area contributed by atoms with Crippen LogP contribution in [0.25, 0.3) is 0 Å². The molecular weight excluding hydrogens is 202 g/mol. The molecule has 0 radical (unpaired) electrons. The lowest BCUT2D eigenvalue weighted by Crippen LogP contribution is -2.23. The lowest BCUT2D eigenvalue weighted by molar-refractivity contribution is 0.00638. The molecule has 4 heteroatoms. The minimum absolute atomic E-state index is 0.195. The number of rotatable bonds is 1. The van der Waals surface area contributed by atoms with Crippen LogP contribution in [0.2, 0.25) is 0 Å². The van der Waals surface area contributed by atoms with E-state index in [1.807, 2.05) is 0 Å². The minimum Gasteiger partial charge on any atom is -0.370 e. The highest BCUT2D eigenvalue weighted by Gasteiger charge is 2.26. The van der Waals surface area contributed by atoms with Gasteiger partial charge in [0.2, 0.25) is 0 Å². The SMILES string of the molecule is CC1CCc2nnc(C3CCCCO3)n2C1. The van der Waals surface area contributed by atoms with Gasteiger partial charge in [0.1, 0.15) is 11.9 Å². The molecule has 2 aliphatic rings. The molecule has 2 unspecified atom stereocenters. The van der Waals surface area contributed by atoms with Crippen LogP contribution in [0.3, 0.4) is 0 Å². The molecule has 0 N–H and O–H groups in total. The Hall–Kier alpha value is -0.900. The Balaban J connectivity index is 1.86. The molecular formula is C12H19N3O. The van der Waals surface area contributed by atoms with Crippen molar-refractivity contribution in [2.24, 2.45) is 5.92 Å².